The van der Waals surface area contributed by atoms with Crippen molar-refractivity contribution in [3.63, 3.8) is 0 Å². The van der Waals surface area contributed by atoms with Crippen LogP contribution in [-0.2, 0) is 10.0 Å². The predicted octanol–water partition coefficient (Wildman–Crippen LogP) is 3.04. The third-order valence-corrected chi connectivity index (χ3v) is 4.52. The second-order valence-electron chi connectivity index (χ2n) is 4.49. The van der Waals surface area contributed by atoms with Crippen molar-refractivity contribution < 1.29 is 13.2 Å². The zero-order valence-corrected chi connectivity index (χ0v) is 13.1. The van der Waals surface area contributed by atoms with E-state index in [4.69, 9.17) is 22.1 Å². The first-order chi connectivity index (χ1) is 9.83. The molecule has 3 N–H and O–H groups in total. The largest absolute Gasteiger partial charge is 0.495 e. The van der Waals surface area contributed by atoms with Gasteiger partial charge < -0.3 is 10.5 Å². The van der Waals surface area contributed by atoms with Crippen molar-refractivity contribution in [1.82, 2.24) is 0 Å². The number of rotatable bonds is 4. The summed E-state index contributed by atoms with van der Waals surface area (Å²) in [4.78, 5) is -0.0716. The molecule has 0 aromatic heterocycles. The van der Waals surface area contributed by atoms with E-state index in [1.807, 2.05) is 6.92 Å². The number of methoxy groups -OCH3 is 1. The summed E-state index contributed by atoms with van der Waals surface area (Å²) in [6.07, 6.45) is 0. The number of hydrogen-bond acceptors (Lipinski definition) is 4. The van der Waals surface area contributed by atoms with Gasteiger partial charge in [0.1, 0.15) is 10.6 Å². The quantitative estimate of drug-likeness (QED) is 0.846. The molecule has 0 fully saturated rings. The van der Waals surface area contributed by atoms with E-state index in [1.165, 1.54) is 25.3 Å². The van der Waals surface area contributed by atoms with Crippen LogP contribution in [0.4, 0.5) is 11.4 Å². The van der Waals surface area contributed by atoms with Gasteiger partial charge in [-0.1, -0.05) is 17.7 Å². The fourth-order valence-electron chi connectivity index (χ4n) is 1.82. The Morgan fingerprint density at radius 3 is 2.57 bits per heavy atom. The molecule has 2 rings (SSSR count). The van der Waals surface area contributed by atoms with E-state index in [-0.39, 0.29) is 10.6 Å². The average molecular weight is 327 g/mol. The molecule has 2 aromatic carbocycles. The lowest BCUT2D eigenvalue weighted by atomic mass is 10.2. The molecular formula is C14H15ClN2O3S. The fraction of sp³-hybridized carbons (Fsp3) is 0.143. The summed E-state index contributed by atoms with van der Waals surface area (Å²) in [6, 6.07) is 9.43. The van der Waals surface area contributed by atoms with Crippen LogP contribution >= 0.6 is 11.6 Å². The average Bonchev–Trinajstić information content (AvgIpc) is 2.43. The molecule has 0 unspecified atom stereocenters. The molecule has 2 aromatic rings. The van der Waals surface area contributed by atoms with Gasteiger partial charge in [0, 0.05) is 5.02 Å². The van der Waals surface area contributed by atoms with E-state index in [9.17, 15) is 8.42 Å². The first-order valence-electron chi connectivity index (χ1n) is 6.06. The molecule has 0 spiro atoms. The molecule has 0 saturated carbocycles. The highest BCUT2D eigenvalue weighted by atomic mass is 35.5. The lowest BCUT2D eigenvalue weighted by molar-refractivity contribution is 0.416. The topological polar surface area (TPSA) is 81.4 Å². The number of anilines is 2. The number of sulfonamides is 1. The van der Waals surface area contributed by atoms with Crippen LogP contribution in [0.5, 0.6) is 5.75 Å². The minimum Gasteiger partial charge on any atom is -0.495 e. The van der Waals surface area contributed by atoms with Gasteiger partial charge in [-0.3, -0.25) is 4.72 Å². The number of ether oxygens (including phenoxy) is 1. The standard InChI is InChI=1S/C14H15ClN2O3S/c1-9-3-6-12(13(7-9)20-2)17-21(18,19)14-8-10(15)4-5-11(14)16/h3-8,17H,16H2,1-2H3. The second-order valence-corrected chi connectivity index (χ2v) is 6.58. The van der Waals surface area contributed by atoms with E-state index in [1.54, 1.807) is 18.2 Å². The van der Waals surface area contributed by atoms with Gasteiger partial charge in [0.2, 0.25) is 0 Å². The van der Waals surface area contributed by atoms with Crippen LogP contribution in [0, 0.1) is 6.92 Å². The molecule has 0 aliphatic rings. The van der Waals surface area contributed by atoms with E-state index in [0.717, 1.165) is 5.56 Å². The Labute approximate surface area is 128 Å². The zero-order valence-electron chi connectivity index (χ0n) is 11.6. The lowest BCUT2D eigenvalue weighted by Gasteiger charge is -2.13. The Balaban J connectivity index is 2.45. The Kier molecular flexibility index (Phi) is 4.29. The van der Waals surface area contributed by atoms with Gasteiger partial charge in [-0.25, -0.2) is 8.42 Å². The molecule has 0 bridgehead atoms. The molecular weight excluding hydrogens is 312 g/mol. The summed E-state index contributed by atoms with van der Waals surface area (Å²) in [5.74, 6) is 0.430. The molecule has 0 radical (unpaired) electrons. The predicted molar refractivity (Wildman–Crippen MR) is 84.4 cm³/mol. The number of halogens is 1. The van der Waals surface area contributed by atoms with Crippen molar-refractivity contribution in [3.8, 4) is 5.75 Å². The normalized spacial score (nSPS) is 11.2. The van der Waals surface area contributed by atoms with Gasteiger partial charge in [0.25, 0.3) is 10.0 Å². The molecule has 0 saturated heterocycles. The number of benzene rings is 2. The van der Waals surface area contributed by atoms with Gasteiger partial charge >= 0.3 is 0 Å². The van der Waals surface area contributed by atoms with Crippen molar-refractivity contribution in [3.05, 3.63) is 47.0 Å². The highest BCUT2D eigenvalue weighted by Crippen LogP contribution is 2.30. The van der Waals surface area contributed by atoms with Crippen molar-refractivity contribution in [2.45, 2.75) is 11.8 Å². The van der Waals surface area contributed by atoms with Crippen molar-refractivity contribution in [1.29, 1.82) is 0 Å². The Hall–Kier alpha value is -1.92. The molecule has 7 heteroatoms. The molecule has 112 valence electrons. The maximum atomic E-state index is 12.4. The van der Waals surface area contributed by atoms with Crippen LogP contribution < -0.4 is 15.2 Å². The molecule has 0 heterocycles. The van der Waals surface area contributed by atoms with Crippen LogP contribution in [0.15, 0.2) is 41.3 Å². The van der Waals surface area contributed by atoms with E-state index in [2.05, 4.69) is 4.72 Å². The summed E-state index contributed by atoms with van der Waals surface area (Å²) >= 11 is 5.83. The number of aryl methyl sites for hydroxylation is 1. The van der Waals surface area contributed by atoms with Gasteiger partial charge in [-0.15, -0.1) is 0 Å². The third-order valence-electron chi connectivity index (χ3n) is 2.87. The SMILES string of the molecule is COc1cc(C)ccc1NS(=O)(=O)c1cc(Cl)ccc1N. The van der Waals surface area contributed by atoms with Crippen molar-refractivity contribution >= 4 is 33.0 Å². The molecule has 0 aliphatic heterocycles. The number of nitrogens with one attached hydrogen (secondary N) is 1. The minimum absolute atomic E-state index is 0.0716. The molecule has 0 amide bonds. The monoisotopic (exact) mass is 326 g/mol. The van der Waals surface area contributed by atoms with Crippen LogP contribution in [0.3, 0.4) is 0 Å². The van der Waals surface area contributed by atoms with E-state index < -0.39 is 10.0 Å². The van der Waals surface area contributed by atoms with Crippen LogP contribution in [0.1, 0.15) is 5.56 Å². The summed E-state index contributed by atoms with van der Waals surface area (Å²) < 4.78 is 32.5. The summed E-state index contributed by atoms with van der Waals surface area (Å²) in [6.45, 7) is 1.88. The van der Waals surface area contributed by atoms with E-state index in [0.29, 0.717) is 16.5 Å². The first-order valence-corrected chi connectivity index (χ1v) is 7.92. The number of hydrogen-bond donors (Lipinski definition) is 2. The van der Waals surface area contributed by atoms with Crippen molar-refractivity contribution in [2.75, 3.05) is 17.6 Å². The van der Waals surface area contributed by atoms with Crippen LogP contribution in [0.25, 0.3) is 0 Å². The molecule has 0 aliphatic carbocycles. The third kappa shape index (κ3) is 3.40. The van der Waals surface area contributed by atoms with Gasteiger partial charge in [-0.05, 0) is 42.8 Å². The van der Waals surface area contributed by atoms with Crippen LogP contribution in [-0.4, -0.2) is 15.5 Å². The Morgan fingerprint density at radius 2 is 1.90 bits per heavy atom. The summed E-state index contributed by atoms with van der Waals surface area (Å²) in [5.41, 5.74) is 7.13. The maximum Gasteiger partial charge on any atom is 0.264 e. The Bertz CT molecular complexity index is 776. The number of nitrogen functional groups attached to an aromatic ring is 1. The Morgan fingerprint density at radius 1 is 1.19 bits per heavy atom. The smallest absolute Gasteiger partial charge is 0.264 e. The summed E-state index contributed by atoms with van der Waals surface area (Å²) in [7, 11) is -2.38. The van der Waals surface area contributed by atoms with Gasteiger partial charge in [-0.2, -0.15) is 0 Å². The van der Waals surface area contributed by atoms with Crippen LogP contribution in [0.2, 0.25) is 5.02 Å². The van der Waals surface area contributed by atoms with Gasteiger partial charge in [0.15, 0.2) is 0 Å². The molecule has 21 heavy (non-hydrogen) atoms. The first kappa shape index (κ1) is 15.5. The highest BCUT2D eigenvalue weighted by molar-refractivity contribution is 7.92. The highest BCUT2D eigenvalue weighted by Gasteiger charge is 2.19. The molecule has 5 nitrogen and oxygen atoms in total. The zero-order chi connectivity index (χ0) is 15.6. The van der Waals surface area contributed by atoms with E-state index >= 15 is 0 Å². The summed E-state index contributed by atoms with van der Waals surface area (Å²) in [5, 5.41) is 0.292. The van der Waals surface area contributed by atoms with Gasteiger partial charge in [0.05, 0.1) is 18.5 Å². The second kappa shape index (κ2) is 5.83. The fourth-order valence-corrected chi connectivity index (χ4v) is 3.29. The lowest BCUT2D eigenvalue weighted by Crippen LogP contribution is -2.15. The van der Waals surface area contributed by atoms with Crippen molar-refractivity contribution in [2.24, 2.45) is 0 Å². The minimum atomic E-state index is -3.85. The molecule has 0 atom stereocenters. The number of nitrogens with two attached hydrogens (primary N) is 1. The maximum absolute atomic E-state index is 12.4.